The van der Waals surface area contributed by atoms with Crippen molar-refractivity contribution < 1.29 is 40.8 Å². The Morgan fingerprint density at radius 1 is 0.641 bits per heavy atom. The van der Waals surface area contributed by atoms with Gasteiger partial charge in [-0.3, -0.25) is 9.98 Å². The van der Waals surface area contributed by atoms with Crippen LogP contribution in [-0.4, -0.2) is 17.4 Å². The molecule has 3 rings (SSSR count). The first kappa shape index (κ1) is 37.0. The van der Waals surface area contributed by atoms with Crippen molar-refractivity contribution in [3.63, 3.8) is 0 Å². The Kier molecular flexibility index (Phi) is 18.2. The first-order chi connectivity index (χ1) is 17.7. The van der Waals surface area contributed by atoms with Crippen LogP contribution >= 0.6 is 0 Å². The molecule has 3 nitrogen and oxygen atoms in total. The van der Waals surface area contributed by atoms with Gasteiger partial charge in [-0.2, -0.15) is 0 Å². The minimum absolute atomic E-state index is 0. The Hall–Kier alpha value is -1.97. The first-order valence-electron chi connectivity index (χ1n) is 13.4. The summed E-state index contributed by atoms with van der Waals surface area (Å²) in [5.41, 5.74) is 8.79. The monoisotopic (exact) mass is 608 g/mol. The Balaban J connectivity index is 0.000000729. The van der Waals surface area contributed by atoms with Crippen LogP contribution in [0.1, 0.15) is 107 Å². The SMILES string of the molecule is CC(C)c1cccc(C(C)C)c1N=CCc1cccnc1.CC(C)c1cccc(C(C)C)c1N=C[CH2][Fe+2].[Cl-].[Cl-]. The van der Waals surface area contributed by atoms with E-state index in [-0.39, 0.29) is 24.8 Å². The zero-order valence-electron chi connectivity index (χ0n) is 24.6. The molecule has 3 aromatic rings. The Bertz CT molecular complexity index is 1100. The standard InChI is InChI=1S/C19H24N2.C14H20N.2ClH.Fe/c1-14(2)17-8-5-9-18(15(3)4)19(17)21-12-10-16-7-6-11-20-13-16;1-6-15-14-12(10(2)3)8-7-9-13(14)11(4)5;;;/h5-9,11-15H,10H2,1-4H3;6-11H,1H2,2-5H3;2*1H;/q;;;;+2/p-2. The van der Waals surface area contributed by atoms with E-state index in [1.807, 2.05) is 24.7 Å². The van der Waals surface area contributed by atoms with Gasteiger partial charge in [-0.05, 0) is 34.6 Å². The van der Waals surface area contributed by atoms with Gasteiger partial charge in [0, 0.05) is 25.0 Å². The van der Waals surface area contributed by atoms with Crippen LogP contribution in [0, 0.1) is 0 Å². The molecule has 0 saturated carbocycles. The van der Waals surface area contributed by atoms with Crippen molar-refractivity contribution in [2.45, 2.75) is 90.8 Å². The van der Waals surface area contributed by atoms with Crippen molar-refractivity contribution in [3.05, 3.63) is 88.7 Å². The van der Waals surface area contributed by atoms with Crippen molar-refractivity contribution >= 4 is 23.8 Å². The number of rotatable bonds is 9. The van der Waals surface area contributed by atoms with E-state index in [1.165, 1.54) is 27.8 Å². The summed E-state index contributed by atoms with van der Waals surface area (Å²) >= 11 is 3.80. The van der Waals surface area contributed by atoms with Crippen molar-refractivity contribution in [2.24, 2.45) is 9.98 Å². The fourth-order valence-electron chi connectivity index (χ4n) is 4.21. The summed E-state index contributed by atoms with van der Waals surface area (Å²) < 4.78 is 0. The van der Waals surface area contributed by atoms with Gasteiger partial charge in [0.1, 0.15) is 0 Å². The van der Waals surface area contributed by atoms with E-state index in [9.17, 15) is 0 Å². The molecular formula is C33H44Cl2FeN3. The summed E-state index contributed by atoms with van der Waals surface area (Å²) in [5, 5.41) is 0.740. The molecule has 0 amide bonds. The number of halogens is 2. The third kappa shape index (κ3) is 11.6. The van der Waals surface area contributed by atoms with E-state index in [2.05, 4.69) is 124 Å². The Morgan fingerprint density at radius 3 is 1.38 bits per heavy atom. The van der Waals surface area contributed by atoms with E-state index in [0.717, 1.165) is 23.1 Å². The number of aliphatic imine (C=N–C) groups is 2. The maximum Gasteiger partial charge on any atom is -1.00 e. The maximum absolute atomic E-state index is 4.79. The molecule has 1 aromatic heterocycles. The van der Waals surface area contributed by atoms with Gasteiger partial charge in [0.25, 0.3) is 0 Å². The molecule has 0 unspecified atom stereocenters. The van der Waals surface area contributed by atoms with Crippen LogP contribution in [0.3, 0.4) is 0 Å². The van der Waals surface area contributed by atoms with Crippen LogP contribution in [0.25, 0.3) is 0 Å². The van der Waals surface area contributed by atoms with Crippen LogP contribution in [0.15, 0.2) is 70.9 Å². The van der Waals surface area contributed by atoms with Crippen molar-refractivity contribution in [1.82, 2.24) is 4.98 Å². The summed E-state index contributed by atoms with van der Waals surface area (Å²) in [7, 11) is 0. The fourth-order valence-corrected chi connectivity index (χ4v) is 4.31. The number of nitrogens with zero attached hydrogens (tertiary/aromatic N) is 3. The molecule has 0 bridgehead atoms. The van der Waals surface area contributed by atoms with Gasteiger partial charge in [-0.1, -0.05) is 52.0 Å². The molecule has 1 heterocycles. The second-order valence-electron chi connectivity index (χ2n) is 10.5. The van der Waals surface area contributed by atoms with Crippen LogP contribution in [-0.2, 0) is 22.4 Å². The number of aromatic nitrogens is 1. The summed E-state index contributed by atoms with van der Waals surface area (Å²) in [5.74, 6) is 1.98. The molecule has 0 fully saturated rings. The summed E-state index contributed by atoms with van der Waals surface area (Å²) in [6.45, 7) is 17.7. The van der Waals surface area contributed by atoms with E-state index in [0.29, 0.717) is 23.7 Å². The number of para-hydroxylation sites is 2. The zero-order valence-corrected chi connectivity index (χ0v) is 27.2. The smallest absolute Gasteiger partial charge is 1.00 e. The number of pyridine rings is 1. The molecule has 39 heavy (non-hydrogen) atoms. The molecule has 0 radical (unpaired) electrons. The van der Waals surface area contributed by atoms with E-state index >= 15 is 0 Å². The number of hydrogen-bond acceptors (Lipinski definition) is 3. The second-order valence-corrected chi connectivity index (χ2v) is 11.0. The van der Waals surface area contributed by atoms with E-state index < -0.39 is 0 Å². The predicted octanol–water partition coefficient (Wildman–Crippen LogP) is 3.88. The summed E-state index contributed by atoms with van der Waals surface area (Å²) in [6, 6.07) is 17.0. The third-order valence-electron chi connectivity index (χ3n) is 6.24. The average molecular weight is 609 g/mol. The van der Waals surface area contributed by atoms with Crippen molar-refractivity contribution in [3.8, 4) is 0 Å². The van der Waals surface area contributed by atoms with Gasteiger partial charge >= 0.3 is 107 Å². The van der Waals surface area contributed by atoms with Crippen LogP contribution in [0.4, 0.5) is 11.4 Å². The van der Waals surface area contributed by atoms with Crippen LogP contribution in [0.5, 0.6) is 0 Å². The molecule has 213 valence electrons. The van der Waals surface area contributed by atoms with Crippen molar-refractivity contribution in [1.29, 1.82) is 0 Å². The normalized spacial score (nSPS) is 11.2. The first-order valence-corrected chi connectivity index (χ1v) is 14.2. The maximum atomic E-state index is 4.79. The molecule has 0 aliphatic rings. The average Bonchev–Trinajstić information content (AvgIpc) is 2.87. The second kappa shape index (κ2) is 19.2. The van der Waals surface area contributed by atoms with Gasteiger partial charge < -0.3 is 24.8 Å². The van der Waals surface area contributed by atoms with E-state index in [1.54, 1.807) is 6.20 Å². The minimum Gasteiger partial charge on any atom is -1.00 e. The van der Waals surface area contributed by atoms with Crippen LogP contribution < -0.4 is 24.8 Å². The van der Waals surface area contributed by atoms with Gasteiger partial charge in [0.15, 0.2) is 0 Å². The summed E-state index contributed by atoms with van der Waals surface area (Å²) in [6.07, 6.45) is 8.41. The molecule has 6 heteroatoms. The molecule has 0 saturated heterocycles. The number of benzene rings is 2. The molecule has 0 N–H and O–H groups in total. The molecule has 0 spiro atoms. The third-order valence-corrected chi connectivity index (χ3v) is 6.44. The molecule has 0 aliphatic heterocycles. The van der Waals surface area contributed by atoms with Crippen LogP contribution in [0.2, 0.25) is 5.32 Å². The van der Waals surface area contributed by atoms with Crippen molar-refractivity contribution in [2.75, 3.05) is 0 Å². The Morgan fingerprint density at radius 2 is 1.05 bits per heavy atom. The van der Waals surface area contributed by atoms with E-state index in [4.69, 9.17) is 4.99 Å². The zero-order chi connectivity index (χ0) is 27.4. The molecular weight excluding hydrogens is 565 g/mol. The topological polar surface area (TPSA) is 37.6 Å². The molecule has 0 aliphatic carbocycles. The largest absolute Gasteiger partial charge is 1.00 e. The predicted molar refractivity (Wildman–Crippen MR) is 158 cm³/mol. The molecule has 0 atom stereocenters. The summed E-state index contributed by atoms with van der Waals surface area (Å²) in [4.78, 5) is 13.5. The van der Waals surface area contributed by atoms with Gasteiger partial charge in [-0.25, -0.2) is 0 Å². The van der Waals surface area contributed by atoms with Gasteiger partial charge in [0.2, 0.25) is 0 Å². The minimum atomic E-state index is 0. The fraction of sp³-hybridized carbons (Fsp3) is 0.424. The molecule has 2 aromatic carbocycles. The Labute approximate surface area is 258 Å². The van der Waals surface area contributed by atoms with Gasteiger partial charge in [-0.15, -0.1) is 0 Å². The van der Waals surface area contributed by atoms with Gasteiger partial charge in [0.05, 0.1) is 5.69 Å². The number of hydrogen-bond donors (Lipinski definition) is 0. The quantitative estimate of drug-likeness (QED) is 0.268.